The third kappa shape index (κ3) is 7.12. The lowest BCUT2D eigenvalue weighted by atomic mass is 10.0. The van der Waals surface area contributed by atoms with Gasteiger partial charge < -0.3 is 25.6 Å². The van der Waals surface area contributed by atoms with Crippen LogP contribution in [0.15, 0.2) is 12.7 Å². The molecule has 4 unspecified atom stereocenters. The van der Waals surface area contributed by atoms with Gasteiger partial charge in [0.1, 0.15) is 18.2 Å². The first-order chi connectivity index (χ1) is 16.2. The van der Waals surface area contributed by atoms with E-state index in [-0.39, 0.29) is 24.3 Å². The molecule has 0 aromatic rings. The van der Waals surface area contributed by atoms with E-state index in [1.807, 2.05) is 20.8 Å². The number of likely N-dealkylation sites (tertiary alicyclic amines) is 1. The van der Waals surface area contributed by atoms with Crippen LogP contribution in [-0.2, 0) is 28.7 Å². The third-order valence-corrected chi connectivity index (χ3v) is 6.13. The lowest BCUT2D eigenvalue weighted by Gasteiger charge is -2.31. The molecule has 2 saturated heterocycles. The lowest BCUT2D eigenvalue weighted by molar-refractivity contribution is -0.145. The SMILES string of the molecule is C=CCNC(=O)C(=O)C(CCC)NC(=O)C1CCCN1C(=O)C(NC(=O)C1CCCO1)C(C)C. The molecule has 0 spiro atoms. The van der Waals surface area contributed by atoms with Gasteiger partial charge in [-0.15, -0.1) is 6.58 Å². The van der Waals surface area contributed by atoms with Crippen molar-refractivity contribution in [2.45, 2.75) is 83.5 Å². The Labute approximate surface area is 201 Å². The Morgan fingerprint density at radius 3 is 2.41 bits per heavy atom. The molecule has 2 aliphatic heterocycles. The number of nitrogens with zero attached hydrogens (tertiary/aromatic N) is 1. The standard InChI is InChI=1S/C24H38N4O6/c1-5-9-16(20(29)23(32)25-12-6-2)26-21(30)17-10-7-13-28(17)24(33)19(15(3)4)27-22(31)18-11-8-14-34-18/h6,15-19H,2,5,7-14H2,1,3-4H3,(H,25,32)(H,26,30)(H,27,31). The van der Waals surface area contributed by atoms with Gasteiger partial charge >= 0.3 is 0 Å². The number of amides is 4. The Morgan fingerprint density at radius 2 is 1.82 bits per heavy atom. The van der Waals surface area contributed by atoms with E-state index in [0.717, 1.165) is 6.42 Å². The van der Waals surface area contributed by atoms with Crippen LogP contribution in [0.3, 0.4) is 0 Å². The number of rotatable bonds is 12. The summed E-state index contributed by atoms with van der Waals surface area (Å²) in [5.41, 5.74) is 0. The summed E-state index contributed by atoms with van der Waals surface area (Å²) < 4.78 is 5.42. The van der Waals surface area contributed by atoms with Crippen molar-refractivity contribution in [2.75, 3.05) is 19.7 Å². The fourth-order valence-electron chi connectivity index (χ4n) is 4.26. The first-order valence-corrected chi connectivity index (χ1v) is 12.2. The second-order valence-corrected chi connectivity index (χ2v) is 9.13. The van der Waals surface area contributed by atoms with Gasteiger partial charge in [0.2, 0.25) is 23.5 Å². The highest BCUT2D eigenvalue weighted by Crippen LogP contribution is 2.21. The Bertz CT molecular complexity index is 777. The number of ether oxygens (including phenoxy) is 1. The quantitative estimate of drug-likeness (QED) is 0.276. The summed E-state index contributed by atoms with van der Waals surface area (Å²) in [6.07, 6.45) is 4.28. The highest BCUT2D eigenvalue weighted by atomic mass is 16.5. The second-order valence-electron chi connectivity index (χ2n) is 9.13. The molecule has 34 heavy (non-hydrogen) atoms. The van der Waals surface area contributed by atoms with Gasteiger partial charge in [-0.05, 0) is 38.0 Å². The average Bonchev–Trinajstić information content (AvgIpc) is 3.51. The van der Waals surface area contributed by atoms with Crippen molar-refractivity contribution in [3.05, 3.63) is 12.7 Å². The first kappa shape index (κ1) is 27.5. The number of hydrogen-bond acceptors (Lipinski definition) is 6. The van der Waals surface area contributed by atoms with Crippen LogP contribution in [0.25, 0.3) is 0 Å². The van der Waals surface area contributed by atoms with Gasteiger partial charge in [0.05, 0.1) is 6.04 Å². The normalized spacial score (nSPS) is 21.6. The molecule has 2 fully saturated rings. The highest BCUT2D eigenvalue weighted by molar-refractivity contribution is 6.38. The zero-order valence-electron chi connectivity index (χ0n) is 20.4. The van der Waals surface area contributed by atoms with E-state index in [1.165, 1.54) is 11.0 Å². The van der Waals surface area contributed by atoms with Crippen molar-refractivity contribution in [1.82, 2.24) is 20.9 Å². The minimum Gasteiger partial charge on any atom is -0.368 e. The van der Waals surface area contributed by atoms with Gasteiger partial charge in [0.15, 0.2) is 0 Å². The van der Waals surface area contributed by atoms with E-state index in [2.05, 4.69) is 22.5 Å². The zero-order valence-corrected chi connectivity index (χ0v) is 20.4. The molecule has 3 N–H and O–H groups in total. The molecule has 0 aliphatic carbocycles. The van der Waals surface area contributed by atoms with Crippen LogP contribution in [0.1, 0.15) is 59.3 Å². The molecule has 4 amide bonds. The Balaban J connectivity index is 2.08. The zero-order chi connectivity index (χ0) is 25.3. The lowest BCUT2D eigenvalue weighted by Crippen LogP contribution is -2.58. The van der Waals surface area contributed by atoms with Crippen LogP contribution in [0.2, 0.25) is 0 Å². The van der Waals surface area contributed by atoms with Crippen molar-refractivity contribution in [2.24, 2.45) is 5.92 Å². The molecule has 0 radical (unpaired) electrons. The minimum absolute atomic E-state index is 0.149. The summed E-state index contributed by atoms with van der Waals surface area (Å²) in [6.45, 7) is 10.1. The van der Waals surface area contributed by atoms with Crippen molar-refractivity contribution < 1.29 is 28.7 Å². The number of Topliss-reactive ketones (excluding diaryl/α,β-unsaturated/α-hetero) is 1. The van der Waals surface area contributed by atoms with Gasteiger partial charge in [-0.3, -0.25) is 24.0 Å². The molecule has 0 saturated carbocycles. The van der Waals surface area contributed by atoms with Crippen LogP contribution < -0.4 is 16.0 Å². The smallest absolute Gasteiger partial charge is 0.289 e. The molecule has 2 aliphatic rings. The van der Waals surface area contributed by atoms with E-state index in [9.17, 15) is 24.0 Å². The van der Waals surface area contributed by atoms with Crippen LogP contribution in [0.5, 0.6) is 0 Å². The molecular weight excluding hydrogens is 440 g/mol. The predicted molar refractivity (Wildman–Crippen MR) is 126 cm³/mol. The number of hydrogen-bond donors (Lipinski definition) is 3. The fourth-order valence-corrected chi connectivity index (χ4v) is 4.26. The summed E-state index contributed by atoms with van der Waals surface area (Å²) in [7, 11) is 0. The maximum absolute atomic E-state index is 13.4. The van der Waals surface area contributed by atoms with E-state index in [0.29, 0.717) is 45.3 Å². The van der Waals surface area contributed by atoms with E-state index in [4.69, 9.17) is 4.74 Å². The number of nitrogens with one attached hydrogen (secondary N) is 3. The molecule has 2 rings (SSSR count). The highest BCUT2D eigenvalue weighted by Gasteiger charge is 2.40. The van der Waals surface area contributed by atoms with Crippen molar-refractivity contribution in [1.29, 1.82) is 0 Å². The van der Waals surface area contributed by atoms with Gasteiger partial charge in [0, 0.05) is 19.7 Å². The summed E-state index contributed by atoms with van der Waals surface area (Å²) >= 11 is 0. The topological polar surface area (TPSA) is 134 Å². The maximum atomic E-state index is 13.4. The molecule has 2 heterocycles. The summed E-state index contributed by atoms with van der Waals surface area (Å²) in [5, 5.41) is 7.92. The van der Waals surface area contributed by atoms with Crippen LogP contribution in [-0.4, -0.2) is 78.2 Å². The largest absolute Gasteiger partial charge is 0.368 e. The maximum Gasteiger partial charge on any atom is 0.289 e. The number of ketones is 1. The van der Waals surface area contributed by atoms with Crippen LogP contribution in [0.4, 0.5) is 0 Å². The number of carbonyl (C=O) groups excluding carboxylic acids is 5. The van der Waals surface area contributed by atoms with Crippen LogP contribution in [0, 0.1) is 5.92 Å². The van der Waals surface area contributed by atoms with Crippen molar-refractivity contribution in [3.8, 4) is 0 Å². The average molecular weight is 479 g/mol. The number of carbonyl (C=O) groups is 5. The third-order valence-electron chi connectivity index (χ3n) is 6.13. The van der Waals surface area contributed by atoms with Gasteiger partial charge in [-0.1, -0.05) is 33.3 Å². The Hall–Kier alpha value is -2.75. The molecule has 0 aromatic heterocycles. The Morgan fingerprint density at radius 1 is 1.09 bits per heavy atom. The van der Waals surface area contributed by atoms with E-state index in [1.54, 1.807) is 0 Å². The molecule has 190 valence electrons. The van der Waals surface area contributed by atoms with E-state index < -0.39 is 41.8 Å². The van der Waals surface area contributed by atoms with Crippen LogP contribution >= 0.6 is 0 Å². The van der Waals surface area contributed by atoms with E-state index >= 15 is 0 Å². The monoisotopic (exact) mass is 478 g/mol. The molecular formula is C24H38N4O6. The molecule has 10 nitrogen and oxygen atoms in total. The molecule has 0 bridgehead atoms. The predicted octanol–water partition coefficient (Wildman–Crippen LogP) is 0.453. The molecule has 0 aromatic carbocycles. The van der Waals surface area contributed by atoms with Crippen molar-refractivity contribution >= 4 is 29.4 Å². The first-order valence-electron chi connectivity index (χ1n) is 12.2. The fraction of sp³-hybridized carbons (Fsp3) is 0.708. The van der Waals surface area contributed by atoms with Gasteiger partial charge in [0.25, 0.3) is 5.91 Å². The Kier molecular flexibility index (Phi) is 10.7. The minimum atomic E-state index is -0.972. The molecule has 4 atom stereocenters. The summed E-state index contributed by atoms with van der Waals surface area (Å²) in [6, 6.07) is -2.53. The summed E-state index contributed by atoms with van der Waals surface area (Å²) in [5.74, 6) is -2.82. The van der Waals surface area contributed by atoms with Gasteiger partial charge in [-0.25, -0.2) is 0 Å². The summed E-state index contributed by atoms with van der Waals surface area (Å²) in [4.78, 5) is 65.1. The van der Waals surface area contributed by atoms with Crippen molar-refractivity contribution in [3.63, 3.8) is 0 Å². The second kappa shape index (κ2) is 13.2. The van der Waals surface area contributed by atoms with Gasteiger partial charge in [-0.2, -0.15) is 0 Å². The molecule has 10 heteroatoms.